The highest BCUT2D eigenvalue weighted by Gasteiger charge is 2.25. The highest BCUT2D eigenvalue weighted by Crippen LogP contribution is 2.27. The Kier molecular flexibility index (Phi) is 5.22. The van der Waals surface area contributed by atoms with E-state index in [1.165, 1.54) is 17.2 Å². The number of hydrogen-bond donors (Lipinski definition) is 1. The maximum absolute atomic E-state index is 5.25. The van der Waals surface area contributed by atoms with E-state index < -0.39 is 0 Å². The number of ether oxygens (including phenoxy) is 1. The summed E-state index contributed by atoms with van der Waals surface area (Å²) in [6, 6.07) is 0. The molecule has 0 radical (unpaired) electrons. The van der Waals surface area contributed by atoms with Crippen LogP contribution in [-0.2, 0) is 30.7 Å². The van der Waals surface area contributed by atoms with Gasteiger partial charge < -0.3 is 14.6 Å². The van der Waals surface area contributed by atoms with Crippen molar-refractivity contribution in [3.8, 4) is 0 Å². The van der Waals surface area contributed by atoms with E-state index in [2.05, 4.69) is 30.7 Å². The molecule has 0 aliphatic carbocycles. The number of rotatable bonds is 7. The second-order valence-electron chi connectivity index (χ2n) is 6.59. The van der Waals surface area contributed by atoms with Crippen LogP contribution >= 0.6 is 0 Å². The number of methoxy groups -OCH3 is 1. The summed E-state index contributed by atoms with van der Waals surface area (Å²) in [6.07, 6.45) is 4.42. The Labute approximate surface area is 122 Å². The highest BCUT2D eigenvalue weighted by molar-refractivity contribution is 5.20. The first kappa shape index (κ1) is 15.5. The quantitative estimate of drug-likeness (QED) is 0.833. The predicted molar refractivity (Wildman–Crippen MR) is 81.9 cm³/mol. The van der Waals surface area contributed by atoms with Gasteiger partial charge in [-0.25, -0.2) is 4.98 Å². The number of hydrogen-bond acceptors (Lipinski definition) is 3. The van der Waals surface area contributed by atoms with Gasteiger partial charge in [-0.05, 0) is 18.3 Å². The molecule has 0 fully saturated rings. The summed E-state index contributed by atoms with van der Waals surface area (Å²) >= 11 is 0. The second-order valence-corrected chi connectivity index (χ2v) is 6.59. The zero-order valence-electron chi connectivity index (χ0n) is 13.5. The summed E-state index contributed by atoms with van der Waals surface area (Å²) in [5, 5.41) is 3.42. The third-order valence-electron chi connectivity index (χ3n) is 4.11. The van der Waals surface area contributed by atoms with Crippen molar-refractivity contribution in [2.45, 2.75) is 59.5 Å². The number of nitrogens with zero attached hydrogens (tertiary/aromatic N) is 2. The van der Waals surface area contributed by atoms with Crippen LogP contribution in [0.5, 0.6) is 0 Å². The summed E-state index contributed by atoms with van der Waals surface area (Å²) in [6.45, 7) is 10.8. The topological polar surface area (TPSA) is 39.1 Å². The van der Waals surface area contributed by atoms with E-state index in [4.69, 9.17) is 9.72 Å². The molecule has 2 rings (SSSR count). The van der Waals surface area contributed by atoms with Crippen molar-refractivity contribution in [3.05, 3.63) is 17.2 Å². The van der Waals surface area contributed by atoms with Crippen molar-refractivity contribution in [1.82, 2.24) is 14.9 Å². The van der Waals surface area contributed by atoms with E-state index in [0.29, 0.717) is 0 Å². The van der Waals surface area contributed by atoms with Crippen molar-refractivity contribution in [3.63, 3.8) is 0 Å². The molecule has 4 heteroatoms. The lowest BCUT2D eigenvalue weighted by Gasteiger charge is -2.27. The van der Waals surface area contributed by atoms with Gasteiger partial charge in [-0.2, -0.15) is 0 Å². The van der Waals surface area contributed by atoms with E-state index in [0.717, 1.165) is 51.9 Å². The molecule has 0 atom stereocenters. The van der Waals surface area contributed by atoms with Crippen molar-refractivity contribution in [2.24, 2.45) is 5.41 Å². The fourth-order valence-corrected chi connectivity index (χ4v) is 2.91. The monoisotopic (exact) mass is 279 g/mol. The van der Waals surface area contributed by atoms with Crippen LogP contribution in [0.4, 0.5) is 0 Å². The van der Waals surface area contributed by atoms with Crippen molar-refractivity contribution >= 4 is 0 Å². The molecule has 4 nitrogen and oxygen atoms in total. The molecule has 1 aromatic rings. The average molecular weight is 279 g/mol. The minimum absolute atomic E-state index is 0.248. The van der Waals surface area contributed by atoms with Gasteiger partial charge in [0, 0.05) is 51.9 Å². The van der Waals surface area contributed by atoms with Gasteiger partial charge >= 0.3 is 0 Å². The smallest absolute Gasteiger partial charge is 0.109 e. The summed E-state index contributed by atoms with van der Waals surface area (Å²) in [4.78, 5) is 4.87. The minimum Gasteiger partial charge on any atom is -0.385 e. The lowest BCUT2D eigenvalue weighted by Crippen LogP contribution is -2.28. The van der Waals surface area contributed by atoms with Crippen LogP contribution in [0, 0.1) is 5.41 Å². The largest absolute Gasteiger partial charge is 0.385 e. The van der Waals surface area contributed by atoms with E-state index in [9.17, 15) is 0 Å². The van der Waals surface area contributed by atoms with Crippen LogP contribution < -0.4 is 5.32 Å². The average Bonchev–Trinajstić information content (AvgIpc) is 2.75. The first-order valence-electron chi connectivity index (χ1n) is 7.84. The first-order chi connectivity index (χ1) is 9.57. The minimum atomic E-state index is 0.248. The Bertz CT molecular complexity index is 437. The van der Waals surface area contributed by atoms with Gasteiger partial charge in [0.1, 0.15) is 5.82 Å². The Morgan fingerprint density at radius 2 is 2.20 bits per heavy atom. The number of nitrogens with one attached hydrogen (secondary N) is 1. The zero-order chi connectivity index (χ0) is 14.6. The van der Waals surface area contributed by atoms with Gasteiger partial charge in [0.15, 0.2) is 0 Å². The fraction of sp³-hybridized carbons (Fsp3) is 0.812. The third kappa shape index (κ3) is 3.61. The van der Waals surface area contributed by atoms with Crippen LogP contribution in [0.2, 0.25) is 0 Å². The summed E-state index contributed by atoms with van der Waals surface area (Å²) in [5.41, 5.74) is 2.97. The second kappa shape index (κ2) is 6.72. The Hall–Kier alpha value is -0.870. The lowest BCUT2D eigenvalue weighted by atomic mass is 9.89. The number of aryl methyl sites for hydroxylation is 1. The van der Waals surface area contributed by atoms with Gasteiger partial charge in [-0.1, -0.05) is 20.8 Å². The summed E-state index contributed by atoms with van der Waals surface area (Å²) in [7, 11) is 1.78. The van der Waals surface area contributed by atoms with E-state index in [1.54, 1.807) is 7.11 Å². The SMILES string of the molecule is CCCc1nc2c(n1CC(C)(C)CCOC)CCNC2. The van der Waals surface area contributed by atoms with Gasteiger partial charge in [0.2, 0.25) is 0 Å². The normalized spacial score (nSPS) is 15.4. The van der Waals surface area contributed by atoms with Gasteiger partial charge in [0.05, 0.1) is 5.69 Å². The third-order valence-corrected chi connectivity index (χ3v) is 4.11. The van der Waals surface area contributed by atoms with E-state index in [1.807, 2.05) is 0 Å². The molecule has 1 N–H and O–H groups in total. The van der Waals surface area contributed by atoms with E-state index >= 15 is 0 Å². The molecule has 0 spiro atoms. The predicted octanol–water partition coefficient (Wildman–Crippen LogP) is 2.54. The van der Waals surface area contributed by atoms with Crippen molar-refractivity contribution in [2.75, 3.05) is 20.3 Å². The van der Waals surface area contributed by atoms with E-state index in [-0.39, 0.29) is 5.41 Å². The molecule has 1 aliphatic heterocycles. The van der Waals surface area contributed by atoms with Crippen molar-refractivity contribution in [1.29, 1.82) is 0 Å². The molecule has 2 heterocycles. The zero-order valence-corrected chi connectivity index (χ0v) is 13.5. The first-order valence-corrected chi connectivity index (χ1v) is 7.84. The molecule has 114 valence electrons. The molecule has 1 aromatic heterocycles. The van der Waals surface area contributed by atoms with Crippen LogP contribution in [0.1, 0.15) is 50.8 Å². The molecular weight excluding hydrogens is 250 g/mol. The molecule has 0 amide bonds. The standard InChI is InChI=1S/C16H29N3O/c1-5-6-15-18-13-11-17-9-7-14(13)19(15)12-16(2,3)8-10-20-4/h17H,5-12H2,1-4H3. The van der Waals surface area contributed by atoms with Crippen LogP contribution in [0.15, 0.2) is 0 Å². The maximum Gasteiger partial charge on any atom is 0.109 e. The molecular formula is C16H29N3O. The summed E-state index contributed by atoms with van der Waals surface area (Å²) in [5.74, 6) is 1.27. The Morgan fingerprint density at radius 1 is 1.40 bits per heavy atom. The van der Waals surface area contributed by atoms with Crippen LogP contribution in [0.25, 0.3) is 0 Å². The number of imidazole rings is 1. The molecule has 0 saturated heterocycles. The van der Waals surface area contributed by atoms with Gasteiger partial charge in [-0.3, -0.25) is 0 Å². The Morgan fingerprint density at radius 3 is 2.90 bits per heavy atom. The molecule has 1 aliphatic rings. The highest BCUT2D eigenvalue weighted by atomic mass is 16.5. The number of fused-ring (bicyclic) bond motifs is 1. The molecule has 0 aromatic carbocycles. The molecule has 0 saturated carbocycles. The van der Waals surface area contributed by atoms with Crippen molar-refractivity contribution < 1.29 is 4.74 Å². The Balaban J connectivity index is 2.22. The number of aromatic nitrogens is 2. The molecule has 0 unspecified atom stereocenters. The van der Waals surface area contributed by atoms with Crippen LogP contribution in [0.3, 0.4) is 0 Å². The fourth-order valence-electron chi connectivity index (χ4n) is 2.91. The van der Waals surface area contributed by atoms with Crippen LogP contribution in [-0.4, -0.2) is 29.8 Å². The molecule has 20 heavy (non-hydrogen) atoms. The maximum atomic E-state index is 5.25. The van der Waals surface area contributed by atoms with Gasteiger partial charge in [0.25, 0.3) is 0 Å². The summed E-state index contributed by atoms with van der Waals surface area (Å²) < 4.78 is 7.75. The molecule has 0 bridgehead atoms. The lowest BCUT2D eigenvalue weighted by molar-refractivity contribution is 0.141. The van der Waals surface area contributed by atoms with Gasteiger partial charge in [-0.15, -0.1) is 0 Å².